The second kappa shape index (κ2) is 3.52. The molecule has 0 saturated carbocycles. The summed E-state index contributed by atoms with van der Waals surface area (Å²) >= 11 is 1.64. The summed E-state index contributed by atoms with van der Waals surface area (Å²) in [4.78, 5) is 13.8. The van der Waals surface area contributed by atoms with Crippen molar-refractivity contribution >= 4 is 23.1 Å². The van der Waals surface area contributed by atoms with E-state index in [1.807, 2.05) is 10.3 Å². The number of amides is 2. The fourth-order valence-corrected chi connectivity index (χ4v) is 2.61. The first-order chi connectivity index (χ1) is 6.98. The molecule has 3 nitrogen and oxygen atoms in total. The summed E-state index contributed by atoms with van der Waals surface area (Å²) in [6.07, 6.45) is 0.939. The van der Waals surface area contributed by atoms with Crippen LogP contribution in [0.15, 0.2) is 10.8 Å². The molecule has 82 valence electrons. The zero-order valence-electron chi connectivity index (χ0n) is 9.33. The number of nitrogens with one attached hydrogen (secondary N) is 1. The Morgan fingerprint density at radius 2 is 2.13 bits per heavy atom. The first kappa shape index (κ1) is 10.5. The van der Waals surface area contributed by atoms with Gasteiger partial charge in [-0.3, -0.25) is 0 Å². The Kier molecular flexibility index (Phi) is 2.46. The maximum atomic E-state index is 11.9. The highest BCUT2D eigenvalue weighted by Crippen LogP contribution is 2.27. The number of thiophene rings is 1. The second-order valence-electron chi connectivity index (χ2n) is 4.81. The van der Waals surface area contributed by atoms with Crippen LogP contribution in [0.3, 0.4) is 0 Å². The third-order valence-electron chi connectivity index (χ3n) is 2.64. The van der Waals surface area contributed by atoms with E-state index in [9.17, 15) is 4.79 Å². The minimum Gasteiger partial charge on any atom is -0.319 e. The maximum absolute atomic E-state index is 11.9. The van der Waals surface area contributed by atoms with Crippen LogP contribution in [0.5, 0.6) is 0 Å². The average molecular weight is 224 g/mol. The Balaban J connectivity index is 2.24. The molecule has 4 heteroatoms. The number of hydrogen-bond donors (Lipinski definition) is 1. The van der Waals surface area contributed by atoms with Crippen molar-refractivity contribution in [2.45, 2.75) is 32.7 Å². The fourth-order valence-electron chi connectivity index (χ4n) is 1.78. The van der Waals surface area contributed by atoms with Crippen LogP contribution in [0.25, 0.3) is 0 Å². The highest BCUT2D eigenvalue weighted by molar-refractivity contribution is 7.08. The summed E-state index contributed by atoms with van der Waals surface area (Å²) in [5, 5.41) is 7.07. The lowest BCUT2D eigenvalue weighted by Crippen LogP contribution is -2.47. The van der Waals surface area contributed by atoms with Crippen molar-refractivity contribution in [3.63, 3.8) is 0 Å². The first-order valence-corrected chi connectivity index (χ1v) is 6.06. The van der Waals surface area contributed by atoms with Crippen LogP contribution in [0.4, 0.5) is 10.5 Å². The van der Waals surface area contributed by atoms with E-state index in [2.05, 4.69) is 31.5 Å². The molecule has 0 bridgehead atoms. The molecular formula is C11H16N2OS. The molecule has 1 aromatic heterocycles. The van der Waals surface area contributed by atoms with Gasteiger partial charge in [-0.05, 0) is 38.1 Å². The van der Waals surface area contributed by atoms with Crippen molar-refractivity contribution < 1.29 is 4.79 Å². The van der Waals surface area contributed by atoms with Gasteiger partial charge in [-0.15, -0.1) is 11.3 Å². The summed E-state index contributed by atoms with van der Waals surface area (Å²) in [5.41, 5.74) is 2.12. The topological polar surface area (TPSA) is 32.3 Å². The van der Waals surface area contributed by atoms with Crippen LogP contribution in [-0.4, -0.2) is 23.0 Å². The number of nitrogens with zero attached hydrogens (tertiary/aromatic N) is 1. The summed E-state index contributed by atoms with van der Waals surface area (Å²) in [5.74, 6) is 0. The molecule has 2 rings (SSSR count). The number of carbonyl (C=O) groups excluding carboxylic acids is 1. The predicted molar refractivity (Wildman–Crippen MR) is 63.5 cm³/mol. The smallest absolute Gasteiger partial charge is 0.319 e. The molecule has 0 fully saturated rings. The number of rotatable bonds is 0. The Morgan fingerprint density at radius 1 is 1.40 bits per heavy atom. The highest BCUT2D eigenvalue weighted by atomic mass is 32.1. The van der Waals surface area contributed by atoms with Crippen molar-refractivity contribution in [3.05, 3.63) is 16.3 Å². The zero-order chi connectivity index (χ0) is 11.1. The van der Waals surface area contributed by atoms with Gasteiger partial charge in [0.25, 0.3) is 0 Å². The van der Waals surface area contributed by atoms with Gasteiger partial charge in [-0.25, -0.2) is 4.79 Å². The van der Waals surface area contributed by atoms with Crippen LogP contribution in [-0.2, 0) is 6.42 Å². The lowest BCUT2D eigenvalue weighted by Gasteiger charge is -2.34. The van der Waals surface area contributed by atoms with Gasteiger partial charge in [0.2, 0.25) is 0 Å². The Morgan fingerprint density at radius 3 is 2.80 bits per heavy atom. The van der Waals surface area contributed by atoms with E-state index in [0.29, 0.717) is 0 Å². The number of urea groups is 1. The van der Waals surface area contributed by atoms with Crippen LogP contribution in [0, 0.1) is 0 Å². The first-order valence-electron chi connectivity index (χ1n) is 5.12. The molecule has 0 atom stereocenters. The minimum absolute atomic E-state index is 0.0136. The predicted octanol–water partition coefficient (Wildman–Crippen LogP) is 2.94. The molecule has 0 saturated heterocycles. The molecular weight excluding hydrogens is 208 g/mol. The third-order valence-corrected chi connectivity index (χ3v) is 3.44. The normalized spacial score (nSPS) is 17.0. The summed E-state index contributed by atoms with van der Waals surface area (Å²) < 4.78 is 0. The molecule has 0 radical (unpaired) electrons. The fraction of sp³-hybridized carbons (Fsp3) is 0.545. The third kappa shape index (κ3) is 2.00. The quantitative estimate of drug-likeness (QED) is 0.722. The van der Waals surface area contributed by atoms with Crippen molar-refractivity contribution in [1.29, 1.82) is 0 Å². The van der Waals surface area contributed by atoms with Crippen molar-refractivity contribution in [3.8, 4) is 0 Å². The molecule has 0 spiro atoms. The number of anilines is 1. The number of hydrogen-bond acceptors (Lipinski definition) is 2. The van der Waals surface area contributed by atoms with E-state index in [-0.39, 0.29) is 11.6 Å². The van der Waals surface area contributed by atoms with E-state index in [4.69, 9.17) is 0 Å². The summed E-state index contributed by atoms with van der Waals surface area (Å²) in [6.45, 7) is 6.97. The number of carbonyl (C=O) groups is 1. The monoisotopic (exact) mass is 224 g/mol. The van der Waals surface area contributed by atoms with Crippen molar-refractivity contribution in [2.24, 2.45) is 0 Å². The van der Waals surface area contributed by atoms with Gasteiger partial charge in [0.15, 0.2) is 0 Å². The molecule has 15 heavy (non-hydrogen) atoms. The summed E-state index contributed by atoms with van der Waals surface area (Å²) in [7, 11) is 0. The van der Waals surface area contributed by atoms with Crippen LogP contribution < -0.4 is 5.32 Å². The van der Waals surface area contributed by atoms with E-state index in [1.54, 1.807) is 11.3 Å². The highest BCUT2D eigenvalue weighted by Gasteiger charge is 2.29. The Bertz CT molecular complexity index is 378. The standard InChI is InChI=1S/C11H16N2OS/c1-11(2,3)13-5-4-8-6-15-7-9(8)12-10(13)14/h6-7H,4-5H2,1-3H3,(H,12,14). The zero-order valence-corrected chi connectivity index (χ0v) is 10.1. The van der Waals surface area contributed by atoms with Gasteiger partial charge < -0.3 is 10.2 Å². The minimum atomic E-state index is -0.114. The molecule has 0 unspecified atom stereocenters. The van der Waals surface area contributed by atoms with Crippen LogP contribution in [0.1, 0.15) is 26.3 Å². The van der Waals surface area contributed by atoms with Gasteiger partial charge in [0.05, 0.1) is 5.69 Å². The maximum Gasteiger partial charge on any atom is 0.322 e. The van der Waals surface area contributed by atoms with Gasteiger partial charge in [-0.2, -0.15) is 0 Å². The van der Waals surface area contributed by atoms with Crippen molar-refractivity contribution in [2.75, 3.05) is 11.9 Å². The summed E-state index contributed by atoms with van der Waals surface area (Å²) in [6, 6.07) is 0.0136. The number of fused-ring (bicyclic) bond motifs is 1. The molecule has 0 aliphatic carbocycles. The molecule has 1 aliphatic heterocycles. The second-order valence-corrected chi connectivity index (χ2v) is 5.56. The largest absolute Gasteiger partial charge is 0.322 e. The molecule has 1 N–H and O–H groups in total. The van der Waals surface area contributed by atoms with Gasteiger partial charge in [0, 0.05) is 17.5 Å². The molecule has 0 aromatic carbocycles. The molecule has 1 aliphatic rings. The SMILES string of the molecule is CC(C)(C)N1CCc2cscc2NC1=O. The van der Waals surface area contributed by atoms with E-state index in [1.165, 1.54) is 5.56 Å². The van der Waals surface area contributed by atoms with E-state index < -0.39 is 0 Å². The Hall–Kier alpha value is -1.03. The molecule has 2 amide bonds. The van der Waals surface area contributed by atoms with Crippen molar-refractivity contribution in [1.82, 2.24) is 4.90 Å². The molecule has 2 heterocycles. The molecule has 1 aromatic rings. The average Bonchev–Trinajstić information content (AvgIpc) is 2.45. The van der Waals surface area contributed by atoms with Crippen LogP contribution >= 0.6 is 11.3 Å². The van der Waals surface area contributed by atoms with Gasteiger partial charge >= 0.3 is 6.03 Å². The van der Waals surface area contributed by atoms with E-state index >= 15 is 0 Å². The van der Waals surface area contributed by atoms with Gasteiger partial charge in [-0.1, -0.05) is 0 Å². The lowest BCUT2D eigenvalue weighted by molar-refractivity contribution is 0.159. The van der Waals surface area contributed by atoms with Gasteiger partial charge in [0.1, 0.15) is 0 Å². The Labute approximate surface area is 94.1 Å². The van der Waals surface area contributed by atoms with Crippen LogP contribution in [0.2, 0.25) is 0 Å². The van der Waals surface area contributed by atoms with E-state index in [0.717, 1.165) is 18.7 Å². The lowest BCUT2D eigenvalue weighted by atomic mass is 10.1.